The van der Waals surface area contributed by atoms with Crippen LogP contribution < -0.4 is 10.9 Å². The van der Waals surface area contributed by atoms with Gasteiger partial charge in [0, 0.05) is 5.56 Å². The van der Waals surface area contributed by atoms with Gasteiger partial charge in [0.25, 0.3) is 5.56 Å². The zero-order chi connectivity index (χ0) is 25.8. The molecule has 0 atom stereocenters. The van der Waals surface area contributed by atoms with E-state index in [0.717, 1.165) is 33.1 Å². The minimum atomic E-state index is -0.440. The number of carbonyl (C=O) groups is 1. The van der Waals surface area contributed by atoms with Crippen molar-refractivity contribution in [2.24, 2.45) is 0 Å². The van der Waals surface area contributed by atoms with E-state index in [1.54, 1.807) is 12.1 Å². The second-order valence-electron chi connectivity index (χ2n) is 8.30. The number of hydrogen-bond acceptors (Lipinski definition) is 7. The SMILES string of the molecule is Cc1ccc2nc(NC(=O)CSc3nc(-c4ccccc4)c(C#N)c(=O)n3Cc3ccccc3)sc2c1. The molecule has 0 unspecified atom stereocenters. The van der Waals surface area contributed by atoms with Gasteiger partial charge >= 0.3 is 0 Å². The number of nitrogens with zero attached hydrogens (tertiary/aromatic N) is 4. The molecule has 182 valence electrons. The van der Waals surface area contributed by atoms with Gasteiger partial charge in [0.1, 0.15) is 11.6 Å². The molecule has 37 heavy (non-hydrogen) atoms. The highest BCUT2D eigenvalue weighted by Crippen LogP contribution is 2.28. The average Bonchev–Trinajstić information content (AvgIpc) is 3.31. The Hall–Kier alpha value is -4.26. The highest BCUT2D eigenvalue weighted by Gasteiger charge is 2.20. The van der Waals surface area contributed by atoms with Crippen LogP contribution in [0.1, 0.15) is 16.7 Å². The maximum atomic E-state index is 13.5. The summed E-state index contributed by atoms with van der Waals surface area (Å²) in [6.07, 6.45) is 0. The quantitative estimate of drug-likeness (QED) is 0.224. The maximum absolute atomic E-state index is 13.5. The summed E-state index contributed by atoms with van der Waals surface area (Å²) in [5.41, 5.74) is 3.35. The van der Waals surface area contributed by atoms with E-state index in [0.29, 0.717) is 21.5 Å². The fourth-order valence-electron chi connectivity index (χ4n) is 3.83. The molecule has 5 rings (SSSR count). The van der Waals surface area contributed by atoms with Crippen molar-refractivity contribution in [2.45, 2.75) is 18.6 Å². The number of thiazole rings is 1. The summed E-state index contributed by atoms with van der Waals surface area (Å²) >= 11 is 2.57. The van der Waals surface area contributed by atoms with Gasteiger partial charge in [0.05, 0.1) is 28.2 Å². The van der Waals surface area contributed by atoms with Gasteiger partial charge < -0.3 is 5.32 Å². The fraction of sp³-hybridized carbons (Fsp3) is 0.107. The summed E-state index contributed by atoms with van der Waals surface area (Å²) in [5, 5.41) is 13.6. The molecule has 0 bridgehead atoms. The number of nitriles is 1. The lowest BCUT2D eigenvalue weighted by Crippen LogP contribution is -2.27. The van der Waals surface area contributed by atoms with Crippen molar-refractivity contribution < 1.29 is 4.79 Å². The van der Waals surface area contributed by atoms with Crippen LogP contribution in [-0.2, 0) is 11.3 Å². The number of benzene rings is 3. The summed E-state index contributed by atoms with van der Waals surface area (Å²) in [6, 6.07) is 26.6. The lowest BCUT2D eigenvalue weighted by Gasteiger charge is -2.15. The van der Waals surface area contributed by atoms with Crippen molar-refractivity contribution in [1.29, 1.82) is 5.26 Å². The van der Waals surface area contributed by atoms with Crippen LogP contribution in [0.25, 0.3) is 21.5 Å². The molecule has 0 saturated carbocycles. The van der Waals surface area contributed by atoms with E-state index in [2.05, 4.69) is 10.3 Å². The number of aryl methyl sites for hydroxylation is 1. The van der Waals surface area contributed by atoms with E-state index >= 15 is 0 Å². The van der Waals surface area contributed by atoms with E-state index in [1.807, 2.05) is 79.7 Å². The van der Waals surface area contributed by atoms with Crippen LogP contribution >= 0.6 is 23.1 Å². The van der Waals surface area contributed by atoms with E-state index in [-0.39, 0.29) is 23.8 Å². The van der Waals surface area contributed by atoms with Crippen molar-refractivity contribution in [3.63, 3.8) is 0 Å². The van der Waals surface area contributed by atoms with Crippen LogP contribution in [0.5, 0.6) is 0 Å². The van der Waals surface area contributed by atoms with Crippen LogP contribution in [0, 0.1) is 18.3 Å². The van der Waals surface area contributed by atoms with Crippen molar-refractivity contribution in [3.05, 3.63) is 106 Å². The molecule has 0 spiro atoms. The van der Waals surface area contributed by atoms with Gasteiger partial charge in [-0.1, -0.05) is 89.8 Å². The minimum Gasteiger partial charge on any atom is -0.301 e. The van der Waals surface area contributed by atoms with Crippen molar-refractivity contribution in [3.8, 4) is 17.3 Å². The molecule has 0 aliphatic carbocycles. The molecule has 5 aromatic rings. The Morgan fingerprint density at radius 3 is 2.51 bits per heavy atom. The Balaban J connectivity index is 1.46. The van der Waals surface area contributed by atoms with E-state index in [9.17, 15) is 14.9 Å². The number of nitrogens with one attached hydrogen (secondary N) is 1. The smallest absolute Gasteiger partial charge is 0.273 e. The second-order valence-corrected chi connectivity index (χ2v) is 10.3. The number of carbonyl (C=O) groups excluding carboxylic acids is 1. The molecule has 3 aromatic carbocycles. The van der Waals surface area contributed by atoms with Gasteiger partial charge in [-0.3, -0.25) is 14.2 Å². The molecule has 7 nitrogen and oxygen atoms in total. The summed E-state index contributed by atoms with van der Waals surface area (Å²) < 4.78 is 2.46. The third-order valence-corrected chi connectivity index (χ3v) is 7.51. The minimum absolute atomic E-state index is 0.0241. The number of anilines is 1. The van der Waals surface area contributed by atoms with Gasteiger partial charge in [0.2, 0.25) is 5.91 Å². The standard InChI is InChI=1S/C28H21N5O2S2/c1-18-12-13-22-23(14-18)37-27(30-22)31-24(34)17-36-28-32-25(20-10-6-3-7-11-20)21(15-29)26(35)33(28)16-19-8-4-2-5-9-19/h2-14H,16-17H2,1H3,(H,30,31,34). The number of rotatable bonds is 7. The van der Waals surface area contributed by atoms with Crippen LogP contribution in [0.4, 0.5) is 5.13 Å². The first-order chi connectivity index (χ1) is 18.0. The number of hydrogen-bond donors (Lipinski definition) is 1. The Morgan fingerprint density at radius 2 is 1.78 bits per heavy atom. The molecule has 9 heteroatoms. The molecule has 0 aliphatic heterocycles. The van der Waals surface area contributed by atoms with Crippen molar-refractivity contribution in [2.75, 3.05) is 11.1 Å². The van der Waals surface area contributed by atoms with Gasteiger partial charge in [0.15, 0.2) is 10.3 Å². The normalized spacial score (nSPS) is 10.8. The van der Waals surface area contributed by atoms with Crippen LogP contribution in [0.2, 0.25) is 0 Å². The zero-order valence-corrected chi connectivity index (χ0v) is 21.5. The van der Waals surface area contributed by atoms with Crippen molar-refractivity contribution >= 4 is 44.4 Å². The predicted octanol–water partition coefficient (Wildman–Crippen LogP) is 5.48. The fourth-order valence-corrected chi connectivity index (χ4v) is 5.60. The van der Waals surface area contributed by atoms with Gasteiger partial charge in [-0.25, -0.2) is 9.97 Å². The van der Waals surface area contributed by atoms with Crippen LogP contribution in [0.3, 0.4) is 0 Å². The molecule has 2 aromatic heterocycles. The van der Waals surface area contributed by atoms with Crippen LogP contribution in [0.15, 0.2) is 88.8 Å². The summed E-state index contributed by atoms with van der Waals surface area (Å²) in [5.74, 6) is -0.233. The highest BCUT2D eigenvalue weighted by atomic mass is 32.2. The first kappa shape index (κ1) is 24.4. The zero-order valence-electron chi connectivity index (χ0n) is 19.8. The highest BCUT2D eigenvalue weighted by molar-refractivity contribution is 7.99. The number of fused-ring (bicyclic) bond motifs is 1. The van der Waals surface area contributed by atoms with Gasteiger partial charge in [-0.2, -0.15) is 5.26 Å². The lowest BCUT2D eigenvalue weighted by molar-refractivity contribution is -0.113. The Labute approximate surface area is 221 Å². The molecular formula is C28H21N5O2S2. The lowest BCUT2D eigenvalue weighted by atomic mass is 10.1. The third kappa shape index (κ3) is 5.45. The van der Waals surface area contributed by atoms with Crippen LogP contribution in [-0.4, -0.2) is 26.2 Å². The summed E-state index contributed by atoms with van der Waals surface area (Å²) in [7, 11) is 0. The Morgan fingerprint density at radius 1 is 1.05 bits per heavy atom. The monoisotopic (exact) mass is 523 g/mol. The molecule has 2 heterocycles. The third-order valence-electron chi connectivity index (χ3n) is 5.60. The van der Waals surface area contributed by atoms with Gasteiger partial charge in [-0.15, -0.1) is 0 Å². The first-order valence-electron chi connectivity index (χ1n) is 11.5. The topological polar surface area (TPSA) is 101 Å². The van der Waals surface area contributed by atoms with E-state index < -0.39 is 5.56 Å². The molecular weight excluding hydrogens is 502 g/mol. The summed E-state index contributed by atoms with van der Waals surface area (Å²) in [6.45, 7) is 2.24. The Kier molecular flexibility index (Phi) is 7.12. The summed E-state index contributed by atoms with van der Waals surface area (Å²) in [4.78, 5) is 35.5. The molecule has 0 radical (unpaired) electrons. The number of thioether (sulfide) groups is 1. The maximum Gasteiger partial charge on any atom is 0.273 e. The Bertz CT molecular complexity index is 1690. The van der Waals surface area contributed by atoms with E-state index in [1.165, 1.54) is 15.9 Å². The first-order valence-corrected chi connectivity index (χ1v) is 13.3. The molecule has 1 amide bonds. The van der Waals surface area contributed by atoms with E-state index in [4.69, 9.17) is 4.98 Å². The van der Waals surface area contributed by atoms with Crippen molar-refractivity contribution in [1.82, 2.24) is 14.5 Å². The second kappa shape index (κ2) is 10.8. The average molecular weight is 524 g/mol. The molecule has 0 fully saturated rings. The largest absolute Gasteiger partial charge is 0.301 e. The number of amides is 1. The molecule has 0 saturated heterocycles. The van der Waals surface area contributed by atoms with Gasteiger partial charge in [-0.05, 0) is 30.2 Å². The molecule has 1 N–H and O–H groups in total. The number of aromatic nitrogens is 3. The predicted molar refractivity (Wildman–Crippen MR) is 148 cm³/mol. The molecule has 0 aliphatic rings.